The number of piperidine rings is 1. The van der Waals surface area contributed by atoms with Gasteiger partial charge in [0.15, 0.2) is 5.82 Å². The summed E-state index contributed by atoms with van der Waals surface area (Å²) < 4.78 is 6.84. The van der Waals surface area contributed by atoms with E-state index in [4.69, 9.17) is 9.72 Å². The molecule has 3 saturated heterocycles. The van der Waals surface area contributed by atoms with Gasteiger partial charge in [-0.2, -0.15) is 0 Å². The van der Waals surface area contributed by atoms with Gasteiger partial charge in [-0.25, -0.2) is 4.98 Å². The van der Waals surface area contributed by atoms with Gasteiger partial charge in [0.2, 0.25) is 0 Å². The van der Waals surface area contributed by atoms with Crippen LogP contribution in [-0.2, 0) is 14.3 Å². The summed E-state index contributed by atoms with van der Waals surface area (Å²) in [6.45, 7) is 1.51. The van der Waals surface area contributed by atoms with E-state index in [9.17, 15) is 19.5 Å². The molecule has 1 aromatic carbocycles. The molecule has 6 rings (SSSR count). The Hall–Kier alpha value is -2.98. The number of carboxylic acids is 1. The average Bonchev–Trinajstić information content (AvgIpc) is 3.51. The average molecular weight is 580 g/mol. The number of aromatic nitrogens is 2. The van der Waals surface area contributed by atoms with Crippen LogP contribution in [0.4, 0.5) is 5.82 Å². The minimum atomic E-state index is -0.991. The maximum atomic E-state index is 14.0. The van der Waals surface area contributed by atoms with E-state index in [2.05, 4.69) is 10.2 Å². The molecule has 1 aliphatic carbocycles. The highest BCUT2D eigenvalue weighted by molar-refractivity contribution is 5.82. The highest BCUT2D eigenvalue weighted by Gasteiger charge is 2.45. The number of rotatable bonds is 8. The van der Waals surface area contributed by atoms with Crippen LogP contribution in [0.3, 0.4) is 0 Å². The van der Waals surface area contributed by atoms with Crippen molar-refractivity contribution in [2.24, 2.45) is 11.8 Å². The van der Waals surface area contributed by atoms with Crippen LogP contribution in [0.25, 0.3) is 11.0 Å². The van der Waals surface area contributed by atoms with Gasteiger partial charge in [-0.15, -0.1) is 0 Å². The maximum absolute atomic E-state index is 14.0. The molecule has 3 aliphatic heterocycles. The van der Waals surface area contributed by atoms with Crippen molar-refractivity contribution in [3.05, 3.63) is 34.6 Å². The molecule has 4 heterocycles. The fourth-order valence-electron chi connectivity index (χ4n) is 8.40. The van der Waals surface area contributed by atoms with Crippen molar-refractivity contribution in [1.29, 1.82) is 0 Å². The number of nitrogens with one attached hydrogen (secondary N) is 1. The number of aliphatic carboxylic acids is 1. The van der Waals surface area contributed by atoms with E-state index in [1.807, 2.05) is 33.7 Å². The molecule has 4 aliphatic rings. The van der Waals surface area contributed by atoms with Gasteiger partial charge in [-0.05, 0) is 50.7 Å². The summed E-state index contributed by atoms with van der Waals surface area (Å²) in [6.07, 6.45) is 13.9. The molecule has 0 amide bonds. The van der Waals surface area contributed by atoms with E-state index in [0.717, 1.165) is 23.9 Å². The molecule has 228 valence electrons. The fraction of sp³-hybridized carbons (Fsp3) is 0.688. The van der Waals surface area contributed by atoms with E-state index >= 15 is 0 Å². The highest BCUT2D eigenvalue weighted by Crippen LogP contribution is 2.44. The lowest BCUT2D eigenvalue weighted by molar-refractivity contribution is -0.153. The Bertz CT molecular complexity index is 1320. The molecule has 2 aromatic rings. The number of carbonyl (C=O) groups is 2. The second kappa shape index (κ2) is 12.7. The normalized spacial score (nSPS) is 29.3. The van der Waals surface area contributed by atoms with Crippen LogP contribution in [0.1, 0.15) is 76.7 Å². The molecule has 1 aromatic heterocycles. The van der Waals surface area contributed by atoms with Crippen molar-refractivity contribution in [2.45, 2.75) is 94.8 Å². The first-order valence-corrected chi connectivity index (χ1v) is 16.0. The van der Waals surface area contributed by atoms with Gasteiger partial charge in [0.25, 0.3) is 5.56 Å². The largest absolute Gasteiger partial charge is 0.481 e. The quantitative estimate of drug-likeness (QED) is 0.449. The highest BCUT2D eigenvalue weighted by atomic mass is 16.5. The molecule has 0 spiro atoms. The van der Waals surface area contributed by atoms with Crippen molar-refractivity contribution in [3.63, 3.8) is 0 Å². The Kier molecular flexibility index (Phi) is 8.81. The van der Waals surface area contributed by atoms with Crippen LogP contribution in [0, 0.1) is 11.8 Å². The summed E-state index contributed by atoms with van der Waals surface area (Å²) in [6, 6.07) is 9.82. The number of carbonyl (C=O) groups excluding carboxylic acids is 1. The zero-order valence-electron chi connectivity index (χ0n) is 24.7. The van der Waals surface area contributed by atoms with Crippen molar-refractivity contribution in [3.8, 4) is 0 Å². The number of carboxylic acid groups (broad SMARTS) is 1. The molecule has 10 nitrogen and oxygen atoms in total. The van der Waals surface area contributed by atoms with Crippen LogP contribution in [0.15, 0.2) is 29.1 Å². The van der Waals surface area contributed by atoms with Crippen molar-refractivity contribution < 1.29 is 19.4 Å². The lowest BCUT2D eigenvalue weighted by Gasteiger charge is -2.45. The van der Waals surface area contributed by atoms with Crippen LogP contribution in [0.5, 0.6) is 0 Å². The van der Waals surface area contributed by atoms with Gasteiger partial charge in [0.05, 0.1) is 30.0 Å². The number of likely N-dealkylation sites (tertiary alicyclic amines) is 1. The Balaban J connectivity index is 1.18. The zero-order valence-corrected chi connectivity index (χ0v) is 24.7. The number of methoxy groups -OCH3 is 1. The Labute approximate surface area is 247 Å². The minimum Gasteiger partial charge on any atom is -0.481 e. The molecule has 5 atom stereocenters. The third-order valence-electron chi connectivity index (χ3n) is 10.4. The van der Waals surface area contributed by atoms with Gasteiger partial charge >= 0.3 is 11.9 Å². The summed E-state index contributed by atoms with van der Waals surface area (Å²) in [5.41, 5.74) is 1.60. The minimum absolute atomic E-state index is 0.0882. The van der Waals surface area contributed by atoms with Crippen molar-refractivity contribution >= 4 is 28.8 Å². The SMILES string of the molecule is COC(=O)[C@@H]1CN(CCNc2nc3ccccc3n(C3C[C@H]4CC[C@@H](C3)N4C3CCCCCCC3)c2=O)C[C@H]1C(=O)O. The number of esters is 1. The molecule has 2 N–H and O–H groups in total. The number of para-hydroxylation sites is 2. The number of ether oxygens (including phenoxy) is 1. The van der Waals surface area contributed by atoms with E-state index < -0.39 is 23.8 Å². The number of hydrogen-bond donors (Lipinski definition) is 2. The first-order chi connectivity index (χ1) is 20.4. The zero-order chi connectivity index (χ0) is 29.2. The fourth-order valence-corrected chi connectivity index (χ4v) is 8.40. The van der Waals surface area contributed by atoms with E-state index in [-0.39, 0.29) is 18.1 Å². The van der Waals surface area contributed by atoms with Crippen LogP contribution in [-0.4, -0.2) is 87.8 Å². The topological polar surface area (TPSA) is 117 Å². The maximum Gasteiger partial charge on any atom is 0.310 e. The molecule has 42 heavy (non-hydrogen) atoms. The molecular weight excluding hydrogens is 534 g/mol. The first kappa shape index (κ1) is 29.1. The molecule has 2 bridgehead atoms. The number of nitrogens with zero attached hydrogens (tertiary/aromatic N) is 4. The monoisotopic (exact) mass is 579 g/mol. The van der Waals surface area contributed by atoms with Crippen molar-refractivity contribution in [1.82, 2.24) is 19.4 Å². The van der Waals surface area contributed by atoms with Gasteiger partial charge in [0.1, 0.15) is 0 Å². The predicted octanol–water partition coefficient (Wildman–Crippen LogP) is 3.89. The number of benzene rings is 1. The molecular formula is C32H45N5O5. The molecule has 4 fully saturated rings. The summed E-state index contributed by atoms with van der Waals surface area (Å²) in [7, 11) is 1.29. The Morgan fingerprint density at radius 2 is 1.60 bits per heavy atom. The van der Waals surface area contributed by atoms with Crippen LogP contribution < -0.4 is 10.9 Å². The second-order valence-electron chi connectivity index (χ2n) is 12.8. The third-order valence-corrected chi connectivity index (χ3v) is 10.4. The van der Waals surface area contributed by atoms with E-state index in [0.29, 0.717) is 43.6 Å². The molecule has 10 heteroatoms. The Morgan fingerprint density at radius 3 is 2.29 bits per heavy atom. The number of anilines is 1. The lowest BCUT2D eigenvalue weighted by Crippen LogP contribution is -2.50. The first-order valence-electron chi connectivity index (χ1n) is 16.0. The van der Waals surface area contributed by atoms with E-state index in [1.54, 1.807) is 0 Å². The third kappa shape index (κ3) is 5.80. The van der Waals surface area contributed by atoms with Crippen molar-refractivity contribution in [2.75, 3.05) is 38.6 Å². The van der Waals surface area contributed by atoms with Gasteiger partial charge in [0, 0.05) is 50.3 Å². The smallest absolute Gasteiger partial charge is 0.310 e. The predicted molar refractivity (Wildman–Crippen MR) is 161 cm³/mol. The summed E-state index contributed by atoms with van der Waals surface area (Å²) in [5.74, 6) is -2.63. The summed E-state index contributed by atoms with van der Waals surface area (Å²) in [5, 5.41) is 12.9. The van der Waals surface area contributed by atoms with E-state index in [1.165, 1.54) is 64.9 Å². The van der Waals surface area contributed by atoms with Crippen LogP contribution >= 0.6 is 0 Å². The second-order valence-corrected chi connectivity index (χ2v) is 12.8. The van der Waals surface area contributed by atoms with Gasteiger partial charge in [-0.3, -0.25) is 24.2 Å². The number of fused-ring (bicyclic) bond motifs is 3. The van der Waals surface area contributed by atoms with Gasteiger partial charge < -0.3 is 19.7 Å². The molecule has 1 saturated carbocycles. The molecule has 1 unspecified atom stereocenters. The lowest BCUT2D eigenvalue weighted by atomic mass is 9.89. The Morgan fingerprint density at radius 1 is 0.929 bits per heavy atom. The van der Waals surface area contributed by atoms with Crippen LogP contribution in [0.2, 0.25) is 0 Å². The number of hydrogen-bond acceptors (Lipinski definition) is 8. The summed E-state index contributed by atoms with van der Waals surface area (Å²) >= 11 is 0. The summed E-state index contributed by atoms with van der Waals surface area (Å²) in [4.78, 5) is 47.4. The molecule has 0 radical (unpaired) electrons. The van der Waals surface area contributed by atoms with Gasteiger partial charge in [-0.1, -0.05) is 44.2 Å². The standard InChI is InChI=1S/C32H45N5O5/c1-42-32(41)26-20-35(19-25(26)31(39)40)16-15-33-29-30(38)37(28-12-8-7-11-27(28)34-29)24-17-22-13-14-23(18-24)36(22)21-9-5-3-2-4-6-10-21/h7-8,11-12,21-26H,2-6,9-10,13-20H2,1H3,(H,33,34)(H,39,40)/t22-,23+,24?,25-,26-/m1/s1.